The standard InChI is InChI=1S/C3H7BO4/c5-3(6)1-2-4(7)8/h7-8H,1-2H2,(H,5,6). The van der Waals surface area contributed by atoms with E-state index in [9.17, 15) is 4.79 Å². The van der Waals surface area contributed by atoms with E-state index in [1.807, 2.05) is 0 Å². The Balaban J connectivity index is 3.05. The zero-order valence-electron chi connectivity index (χ0n) is 4.24. The fourth-order valence-corrected chi connectivity index (χ4v) is 0.253. The van der Waals surface area contributed by atoms with Gasteiger partial charge in [0.25, 0.3) is 0 Å². The van der Waals surface area contributed by atoms with Crippen molar-refractivity contribution in [3.63, 3.8) is 0 Å². The number of carboxylic acids is 1. The first-order valence-corrected chi connectivity index (χ1v) is 2.21. The summed E-state index contributed by atoms with van der Waals surface area (Å²) in [5.41, 5.74) is 0. The normalized spacial score (nSPS) is 8.75. The van der Waals surface area contributed by atoms with Gasteiger partial charge in [-0.15, -0.1) is 0 Å². The molecular weight excluding hydrogens is 111 g/mol. The van der Waals surface area contributed by atoms with Crippen molar-refractivity contribution in [1.29, 1.82) is 0 Å². The van der Waals surface area contributed by atoms with Crippen molar-refractivity contribution in [2.45, 2.75) is 12.7 Å². The van der Waals surface area contributed by atoms with Gasteiger partial charge in [0.05, 0.1) is 0 Å². The number of carboxylic acid groups (broad SMARTS) is 1. The van der Waals surface area contributed by atoms with Crippen LogP contribution in [0.3, 0.4) is 0 Å². The van der Waals surface area contributed by atoms with Gasteiger partial charge in [-0.1, -0.05) is 0 Å². The molecule has 0 aliphatic rings. The van der Waals surface area contributed by atoms with Gasteiger partial charge in [-0.25, -0.2) is 0 Å². The van der Waals surface area contributed by atoms with Crippen molar-refractivity contribution in [2.75, 3.05) is 0 Å². The zero-order chi connectivity index (χ0) is 6.57. The Kier molecular flexibility index (Phi) is 3.22. The van der Waals surface area contributed by atoms with E-state index in [2.05, 4.69) is 0 Å². The van der Waals surface area contributed by atoms with E-state index in [1.54, 1.807) is 0 Å². The lowest BCUT2D eigenvalue weighted by Crippen LogP contribution is -2.12. The second kappa shape index (κ2) is 3.46. The Morgan fingerprint density at radius 2 is 2.00 bits per heavy atom. The summed E-state index contributed by atoms with van der Waals surface area (Å²) in [5, 5.41) is 24.1. The average molecular weight is 118 g/mol. The molecule has 0 fully saturated rings. The molecule has 0 rings (SSSR count). The van der Waals surface area contributed by atoms with Crippen LogP contribution < -0.4 is 0 Å². The molecule has 0 aromatic heterocycles. The molecule has 0 radical (unpaired) electrons. The smallest absolute Gasteiger partial charge is 0.451 e. The van der Waals surface area contributed by atoms with Crippen molar-refractivity contribution < 1.29 is 19.9 Å². The molecule has 0 saturated carbocycles. The van der Waals surface area contributed by atoms with E-state index in [0.29, 0.717) is 0 Å². The Morgan fingerprint density at radius 1 is 1.50 bits per heavy atom. The molecule has 0 aromatic carbocycles. The second-order valence-electron chi connectivity index (χ2n) is 1.41. The molecule has 0 spiro atoms. The van der Waals surface area contributed by atoms with E-state index in [4.69, 9.17) is 15.2 Å². The van der Waals surface area contributed by atoms with Gasteiger partial charge in [0.2, 0.25) is 0 Å². The first-order chi connectivity index (χ1) is 3.63. The molecule has 0 heterocycles. The number of carbonyl (C=O) groups is 1. The first-order valence-electron chi connectivity index (χ1n) is 2.21. The monoisotopic (exact) mass is 118 g/mol. The molecule has 0 aromatic rings. The molecule has 0 saturated heterocycles. The predicted molar refractivity (Wildman–Crippen MR) is 27.3 cm³/mol. The Bertz CT molecular complexity index is 81.4. The maximum Gasteiger partial charge on any atom is 0.451 e. The SMILES string of the molecule is O=C(O)CCB(O)O. The molecule has 0 atom stereocenters. The van der Waals surface area contributed by atoms with Crippen molar-refractivity contribution in [3.8, 4) is 0 Å². The van der Waals surface area contributed by atoms with Crippen LogP contribution in [0, 0.1) is 0 Å². The van der Waals surface area contributed by atoms with Gasteiger partial charge in [-0.05, 0) is 6.32 Å². The highest BCUT2D eigenvalue weighted by Gasteiger charge is 2.07. The molecule has 4 nitrogen and oxygen atoms in total. The molecule has 0 aliphatic heterocycles. The number of aliphatic carboxylic acids is 1. The average Bonchev–Trinajstić information content (AvgIpc) is 1.61. The number of rotatable bonds is 3. The highest BCUT2D eigenvalue weighted by molar-refractivity contribution is 6.41. The lowest BCUT2D eigenvalue weighted by molar-refractivity contribution is -0.136. The van der Waals surface area contributed by atoms with Crippen molar-refractivity contribution in [1.82, 2.24) is 0 Å². The van der Waals surface area contributed by atoms with Gasteiger partial charge in [0.1, 0.15) is 0 Å². The predicted octanol–water partition coefficient (Wildman–Crippen LogP) is -1.07. The summed E-state index contributed by atoms with van der Waals surface area (Å²) >= 11 is 0. The van der Waals surface area contributed by atoms with E-state index in [1.165, 1.54) is 0 Å². The minimum Gasteiger partial charge on any atom is -0.481 e. The summed E-state index contributed by atoms with van der Waals surface area (Å²) < 4.78 is 0. The van der Waals surface area contributed by atoms with Crippen LogP contribution in [-0.4, -0.2) is 28.2 Å². The van der Waals surface area contributed by atoms with Crippen LogP contribution in [0.4, 0.5) is 0 Å². The second-order valence-corrected chi connectivity index (χ2v) is 1.41. The molecule has 5 heteroatoms. The van der Waals surface area contributed by atoms with Crippen LogP contribution in [0.5, 0.6) is 0 Å². The summed E-state index contributed by atoms with van der Waals surface area (Å²) in [7, 11) is -1.49. The van der Waals surface area contributed by atoms with Gasteiger partial charge in [0, 0.05) is 6.42 Å². The molecule has 0 unspecified atom stereocenters. The summed E-state index contributed by atoms with van der Waals surface area (Å²) in [6.45, 7) is 0. The molecule has 0 aliphatic carbocycles. The highest BCUT2D eigenvalue weighted by Crippen LogP contribution is 1.89. The number of hydrogen-bond donors (Lipinski definition) is 3. The third kappa shape index (κ3) is 5.45. The van der Waals surface area contributed by atoms with Crippen LogP contribution in [0.2, 0.25) is 6.32 Å². The molecule has 8 heavy (non-hydrogen) atoms. The van der Waals surface area contributed by atoms with Crippen LogP contribution in [0.15, 0.2) is 0 Å². The minimum absolute atomic E-state index is 0.102. The minimum atomic E-state index is -1.49. The van der Waals surface area contributed by atoms with Gasteiger partial charge >= 0.3 is 13.1 Å². The van der Waals surface area contributed by atoms with Crippen molar-refractivity contribution in [2.24, 2.45) is 0 Å². The van der Waals surface area contributed by atoms with E-state index >= 15 is 0 Å². The van der Waals surface area contributed by atoms with Gasteiger partial charge < -0.3 is 15.2 Å². The Labute approximate surface area is 46.9 Å². The van der Waals surface area contributed by atoms with Crippen LogP contribution in [0.25, 0.3) is 0 Å². The topological polar surface area (TPSA) is 77.8 Å². The maximum atomic E-state index is 9.68. The molecule has 46 valence electrons. The lowest BCUT2D eigenvalue weighted by Gasteiger charge is -1.90. The largest absolute Gasteiger partial charge is 0.481 e. The highest BCUT2D eigenvalue weighted by atomic mass is 16.4. The van der Waals surface area contributed by atoms with Gasteiger partial charge in [-0.3, -0.25) is 4.79 Å². The quantitative estimate of drug-likeness (QED) is 0.412. The molecular formula is C3H7BO4. The summed E-state index contributed by atoms with van der Waals surface area (Å²) in [6, 6.07) is 0. The van der Waals surface area contributed by atoms with Crippen LogP contribution in [0.1, 0.15) is 6.42 Å². The molecule has 0 bridgehead atoms. The third-order valence-electron chi connectivity index (χ3n) is 0.616. The van der Waals surface area contributed by atoms with Crippen LogP contribution >= 0.6 is 0 Å². The van der Waals surface area contributed by atoms with E-state index in [-0.39, 0.29) is 12.7 Å². The summed E-state index contributed by atoms with van der Waals surface area (Å²) in [6.07, 6.45) is -0.299. The maximum absolute atomic E-state index is 9.68. The summed E-state index contributed by atoms with van der Waals surface area (Å²) in [4.78, 5) is 9.68. The molecule has 0 amide bonds. The van der Waals surface area contributed by atoms with Gasteiger partial charge in [-0.2, -0.15) is 0 Å². The third-order valence-corrected chi connectivity index (χ3v) is 0.616. The molecule has 3 N–H and O–H groups in total. The van der Waals surface area contributed by atoms with Crippen molar-refractivity contribution >= 4 is 13.1 Å². The van der Waals surface area contributed by atoms with E-state index in [0.717, 1.165) is 0 Å². The first kappa shape index (κ1) is 7.45. The fourth-order valence-electron chi connectivity index (χ4n) is 0.253. The number of hydrogen-bond acceptors (Lipinski definition) is 3. The fraction of sp³-hybridized carbons (Fsp3) is 0.667. The van der Waals surface area contributed by atoms with Gasteiger partial charge in [0.15, 0.2) is 0 Å². The summed E-state index contributed by atoms with van der Waals surface area (Å²) in [5.74, 6) is -1.02. The Hall–Kier alpha value is -0.545. The van der Waals surface area contributed by atoms with Crippen LogP contribution in [-0.2, 0) is 4.79 Å². The van der Waals surface area contributed by atoms with Crippen molar-refractivity contribution in [3.05, 3.63) is 0 Å². The lowest BCUT2D eigenvalue weighted by atomic mass is 9.85. The van der Waals surface area contributed by atoms with E-state index < -0.39 is 13.1 Å². The Morgan fingerprint density at radius 3 is 2.12 bits per heavy atom. The zero-order valence-corrected chi connectivity index (χ0v) is 4.24.